The lowest BCUT2D eigenvalue weighted by molar-refractivity contribution is -0.121. The van der Waals surface area contributed by atoms with Gasteiger partial charge in [0.1, 0.15) is 0 Å². The minimum absolute atomic E-state index is 0.0236. The van der Waals surface area contributed by atoms with Crippen LogP contribution in [0.2, 0.25) is 0 Å². The smallest absolute Gasteiger partial charge is 0.220 e. The Morgan fingerprint density at radius 1 is 0.615 bits per heavy atom. The molecule has 7 nitrogen and oxygen atoms in total. The zero-order valence-corrected chi connectivity index (χ0v) is 17.9. The molecule has 0 spiro atoms. The number of rotatable bonds is 12. The van der Waals surface area contributed by atoms with E-state index in [0.29, 0.717) is 0 Å². The average Bonchev–Trinajstić information content (AvgIpc) is 2.47. The number of amides is 3. The van der Waals surface area contributed by atoms with Crippen LogP contribution in [0, 0.1) is 0 Å². The van der Waals surface area contributed by atoms with Crippen LogP contribution in [0.4, 0.5) is 0 Å². The van der Waals surface area contributed by atoms with Gasteiger partial charge in [-0.15, -0.1) is 0 Å². The summed E-state index contributed by atoms with van der Waals surface area (Å²) in [6.07, 6.45) is 1.09. The molecule has 0 unspecified atom stereocenters. The fourth-order valence-electron chi connectivity index (χ4n) is 2.43. The molecule has 0 aromatic carbocycles. The molecule has 0 bridgehead atoms. The summed E-state index contributed by atoms with van der Waals surface area (Å²) in [4.78, 5) is 35.6. The lowest BCUT2D eigenvalue weighted by Gasteiger charge is -2.19. The molecule has 0 aromatic heterocycles. The van der Waals surface area contributed by atoms with Gasteiger partial charge in [-0.1, -0.05) is 0 Å². The maximum atomic E-state index is 13.2. The van der Waals surface area contributed by atoms with Gasteiger partial charge in [-0.05, 0) is 41.5 Å². The summed E-state index contributed by atoms with van der Waals surface area (Å²) >= 11 is 0. The summed E-state index contributed by atoms with van der Waals surface area (Å²) in [7, 11) is -2.79. The van der Waals surface area contributed by atoms with Gasteiger partial charge in [0.15, 0.2) is 0 Å². The van der Waals surface area contributed by atoms with E-state index in [1.165, 1.54) is 0 Å². The highest BCUT2D eigenvalue weighted by atomic mass is 31.2. The van der Waals surface area contributed by atoms with Crippen LogP contribution in [0.1, 0.15) is 60.8 Å². The van der Waals surface area contributed by atoms with Crippen LogP contribution >= 0.6 is 7.14 Å². The van der Waals surface area contributed by atoms with Gasteiger partial charge in [0, 0.05) is 55.9 Å². The third kappa shape index (κ3) is 12.9. The van der Waals surface area contributed by atoms with Gasteiger partial charge in [0.05, 0.1) is 7.14 Å². The highest BCUT2D eigenvalue weighted by Crippen LogP contribution is 2.47. The number of carbonyl (C=O) groups is 3. The van der Waals surface area contributed by atoms with Crippen molar-refractivity contribution in [1.82, 2.24) is 16.0 Å². The topological polar surface area (TPSA) is 104 Å². The van der Waals surface area contributed by atoms with E-state index in [2.05, 4.69) is 16.0 Å². The normalized spacial score (nSPS) is 11.7. The van der Waals surface area contributed by atoms with Gasteiger partial charge in [-0.2, -0.15) is 0 Å². The van der Waals surface area contributed by atoms with Crippen molar-refractivity contribution in [3.05, 3.63) is 0 Å². The Labute approximate surface area is 157 Å². The predicted octanol–water partition coefficient (Wildman–Crippen LogP) is 2.09. The minimum Gasteiger partial charge on any atom is -0.354 e. The highest BCUT2D eigenvalue weighted by Gasteiger charge is 2.25. The van der Waals surface area contributed by atoms with Crippen molar-refractivity contribution in [2.24, 2.45) is 0 Å². The SMILES string of the molecule is CC(C)NC(=O)CCP(=O)(CCC(=O)NC(C)C)CCC(=O)NC(C)C. The van der Waals surface area contributed by atoms with Gasteiger partial charge in [0.2, 0.25) is 17.7 Å². The van der Waals surface area contributed by atoms with Crippen molar-refractivity contribution in [1.29, 1.82) is 0 Å². The van der Waals surface area contributed by atoms with E-state index >= 15 is 0 Å². The molecule has 0 rings (SSSR count). The van der Waals surface area contributed by atoms with Gasteiger partial charge >= 0.3 is 0 Å². The third-order valence-electron chi connectivity index (χ3n) is 3.59. The molecule has 0 fully saturated rings. The second kappa shape index (κ2) is 12.1. The first-order chi connectivity index (χ1) is 11.9. The quantitative estimate of drug-likeness (QED) is 0.445. The predicted molar refractivity (Wildman–Crippen MR) is 106 cm³/mol. The summed E-state index contributed by atoms with van der Waals surface area (Å²) in [5, 5.41) is 8.34. The fraction of sp³-hybridized carbons (Fsp3) is 0.833. The molecular weight excluding hydrogens is 353 g/mol. The Morgan fingerprint density at radius 2 is 0.846 bits per heavy atom. The summed E-state index contributed by atoms with van der Waals surface area (Å²) in [6.45, 7) is 11.2. The van der Waals surface area contributed by atoms with Crippen LogP contribution in [0.25, 0.3) is 0 Å². The maximum absolute atomic E-state index is 13.2. The molecule has 0 aliphatic carbocycles. The Balaban J connectivity index is 4.78. The Hall–Kier alpha value is -1.36. The molecule has 0 saturated carbocycles. The highest BCUT2D eigenvalue weighted by molar-refractivity contribution is 7.64. The Morgan fingerprint density at radius 3 is 1.04 bits per heavy atom. The first kappa shape index (κ1) is 24.6. The van der Waals surface area contributed by atoms with E-state index in [9.17, 15) is 18.9 Å². The Kier molecular flexibility index (Phi) is 11.5. The van der Waals surface area contributed by atoms with Crippen LogP contribution in [0.3, 0.4) is 0 Å². The van der Waals surface area contributed by atoms with Crippen molar-refractivity contribution in [3.63, 3.8) is 0 Å². The fourth-order valence-corrected chi connectivity index (χ4v) is 4.94. The van der Waals surface area contributed by atoms with Crippen LogP contribution in [0.5, 0.6) is 0 Å². The molecule has 0 radical (unpaired) electrons. The summed E-state index contributed by atoms with van der Waals surface area (Å²) < 4.78 is 13.2. The molecule has 0 aromatic rings. The first-order valence-corrected chi connectivity index (χ1v) is 11.6. The van der Waals surface area contributed by atoms with Gasteiger partial charge in [0.25, 0.3) is 0 Å². The van der Waals surface area contributed by atoms with Gasteiger partial charge in [-0.25, -0.2) is 0 Å². The number of hydrogen-bond acceptors (Lipinski definition) is 4. The van der Waals surface area contributed by atoms with Crippen LogP contribution < -0.4 is 16.0 Å². The molecule has 0 heterocycles. The second-order valence-electron chi connectivity index (χ2n) is 7.65. The average molecular weight is 389 g/mol. The third-order valence-corrected chi connectivity index (χ3v) is 6.70. The minimum atomic E-state index is -2.79. The largest absolute Gasteiger partial charge is 0.354 e. The number of hydrogen-bond donors (Lipinski definition) is 3. The lowest BCUT2D eigenvalue weighted by atomic mass is 10.3. The molecule has 0 saturated heterocycles. The molecular formula is C18H36N3O4P. The van der Waals surface area contributed by atoms with Crippen LogP contribution in [-0.2, 0) is 18.9 Å². The number of carbonyl (C=O) groups excluding carboxylic acids is 3. The summed E-state index contributed by atoms with van der Waals surface area (Å²) in [6, 6.07) is 0.0709. The zero-order valence-electron chi connectivity index (χ0n) is 17.1. The van der Waals surface area contributed by atoms with E-state index in [-0.39, 0.29) is 73.6 Å². The Bertz CT molecular complexity index is 447. The van der Waals surface area contributed by atoms with E-state index in [4.69, 9.17) is 0 Å². The van der Waals surface area contributed by atoms with E-state index in [0.717, 1.165) is 0 Å². The molecule has 3 N–H and O–H groups in total. The monoisotopic (exact) mass is 389 g/mol. The molecule has 0 aliphatic heterocycles. The second-order valence-corrected chi connectivity index (χ2v) is 11.1. The molecule has 26 heavy (non-hydrogen) atoms. The zero-order chi connectivity index (χ0) is 20.3. The molecule has 3 amide bonds. The van der Waals surface area contributed by atoms with E-state index in [1.54, 1.807) is 0 Å². The molecule has 8 heteroatoms. The molecule has 0 atom stereocenters. The maximum Gasteiger partial charge on any atom is 0.220 e. The van der Waals surface area contributed by atoms with Crippen LogP contribution in [-0.4, -0.2) is 54.3 Å². The van der Waals surface area contributed by atoms with Crippen molar-refractivity contribution in [2.75, 3.05) is 18.5 Å². The standard InChI is InChI=1S/C18H36N3O4P/c1-13(2)19-16(22)7-10-26(25,11-8-17(23)20-14(3)4)12-9-18(24)21-15(5)6/h13-15H,7-12H2,1-6H3,(H,19,22)(H,20,23)(H,21,24). The van der Waals surface area contributed by atoms with Gasteiger partial charge < -0.3 is 20.5 Å². The van der Waals surface area contributed by atoms with Crippen molar-refractivity contribution in [2.45, 2.75) is 78.9 Å². The van der Waals surface area contributed by atoms with E-state index in [1.807, 2.05) is 41.5 Å². The van der Waals surface area contributed by atoms with Crippen LogP contribution in [0.15, 0.2) is 0 Å². The first-order valence-electron chi connectivity index (χ1n) is 9.38. The van der Waals surface area contributed by atoms with Crippen molar-refractivity contribution in [3.8, 4) is 0 Å². The summed E-state index contributed by atoms with van der Waals surface area (Å²) in [5.74, 6) is -0.463. The van der Waals surface area contributed by atoms with Crippen molar-refractivity contribution >= 4 is 24.9 Å². The number of nitrogens with one attached hydrogen (secondary N) is 3. The van der Waals surface area contributed by atoms with Crippen molar-refractivity contribution < 1.29 is 18.9 Å². The van der Waals surface area contributed by atoms with Gasteiger partial charge in [-0.3, -0.25) is 14.4 Å². The molecule has 152 valence electrons. The summed E-state index contributed by atoms with van der Waals surface area (Å²) in [5.41, 5.74) is 0. The van der Waals surface area contributed by atoms with E-state index < -0.39 is 7.14 Å². The molecule has 0 aliphatic rings. The lowest BCUT2D eigenvalue weighted by Crippen LogP contribution is -2.32.